The van der Waals surface area contributed by atoms with Crippen molar-refractivity contribution in [3.8, 4) is 0 Å². The largest absolute Gasteiger partial charge is 0.272 e. The second-order valence-electron chi connectivity index (χ2n) is 6.93. The van der Waals surface area contributed by atoms with Gasteiger partial charge in [-0.3, -0.25) is 9.48 Å². The van der Waals surface area contributed by atoms with Gasteiger partial charge in [-0.05, 0) is 29.8 Å². The quantitative estimate of drug-likeness (QED) is 0.521. The molecule has 2 aromatic carbocycles. The van der Waals surface area contributed by atoms with E-state index in [-0.39, 0.29) is 11.1 Å². The van der Waals surface area contributed by atoms with Gasteiger partial charge in [-0.2, -0.15) is 10.2 Å². The van der Waals surface area contributed by atoms with E-state index in [1.807, 2.05) is 0 Å². The molecule has 0 spiro atoms. The maximum Gasteiger partial charge on any atom is 0.272 e. The Labute approximate surface area is 166 Å². The van der Waals surface area contributed by atoms with Gasteiger partial charge in [0.25, 0.3) is 5.56 Å². The first-order valence-corrected chi connectivity index (χ1v) is 8.93. The van der Waals surface area contributed by atoms with Crippen molar-refractivity contribution < 1.29 is 8.78 Å². The van der Waals surface area contributed by atoms with Gasteiger partial charge >= 0.3 is 0 Å². The average Bonchev–Trinajstić information content (AvgIpc) is 3.15. The van der Waals surface area contributed by atoms with Crippen LogP contribution in [-0.4, -0.2) is 25.0 Å². The van der Waals surface area contributed by atoms with E-state index < -0.39 is 29.2 Å². The number of anilines is 1. The van der Waals surface area contributed by atoms with Gasteiger partial charge in [-0.25, -0.2) is 23.9 Å². The van der Waals surface area contributed by atoms with E-state index in [1.165, 1.54) is 35.3 Å². The number of nitrogens with zero attached hydrogens (tertiary/aromatic N) is 6. The Kier molecular flexibility index (Phi) is 3.91. The Hall–Kier alpha value is -4.02. The summed E-state index contributed by atoms with van der Waals surface area (Å²) in [6, 6.07) is 6.90. The first kappa shape index (κ1) is 18.0. The minimum Gasteiger partial charge on any atom is -0.267 e. The molecule has 0 bridgehead atoms. The lowest BCUT2D eigenvalue weighted by atomic mass is 9.83. The number of aromatic nitrogens is 5. The molecule has 0 saturated carbocycles. The summed E-state index contributed by atoms with van der Waals surface area (Å²) in [5.74, 6) is -1.43. The minimum absolute atomic E-state index is 0.0355. The lowest BCUT2D eigenvalue weighted by Crippen LogP contribution is -2.35. The number of nitrogens with one attached hydrogen (secondary N) is 1. The standard InChI is InChI=1S/C19H13F2N7O2/c1-27-18(22-8-23-27)15-16-14-12(19(29)25-24-16)6-11(21)7-13(14)28(26-30)17(15)9-2-4-10(20)5-3-9/h2-8,15,17H,1H3,(H,25,29)/t15-,17+/m0/s1. The third kappa shape index (κ3) is 2.51. The van der Waals surface area contributed by atoms with Gasteiger partial charge in [0.15, 0.2) is 0 Å². The highest BCUT2D eigenvalue weighted by molar-refractivity contribution is 5.97. The van der Waals surface area contributed by atoms with Crippen molar-refractivity contribution in [1.82, 2.24) is 25.0 Å². The van der Waals surface area contributed by atoms with Gasteiger partial charge in [0.2, 0.25) is 0 Å². The molecule has 0 aliphatic carbocycles. The van der Waals surface area contributed by atoms with Gasteiger partial charge in [-0.1, -0.05) is 12.1 Å². The fourth-order valence-electron chi connectivity index (χ4n) is 4.05. The van der Waals surface area contributed by atoms with Crippen molar-refractivity contribution in [2.45, 2.75) is 12.0 Å². The van der Waals surface area contributed by atoms with Crippen LogP contribution in [-0.2, 0) is 7.05 Å². The molecule has 1 aliphatic heterocycles. The van der Waals surface area contributed by atoms with Gasteiger partial charge in [0.05, 0.1) is 34.0 Å². The van der Waals surface area contributed by atoms with Crippen LogP contribution >= 0.6 is 0 Å². The lowest BCUT2D eigenvalue weighted by molar-refractivity contribution is 0.502. The summed E-state index contributed by atoms with van der Waals surface area (Å²) >= 11 is 0. The molecule has 0 radical (unpaired) electrons. The third-order valence-corrected chi connectivity index (χ3v) is 5.31. The number of rotatable bonds is 3. The molecule has 0 unspecified atom stereocenters. The summed E-state index contributed by atoms with van der Waals surface area (Å²) in [6.45, 7) is 0. The number of benzene rings is 2. The van der Waals surface area contributed by atoms with E-state index in [2.05, 4.69) is 25.6 Å². The van der Waals surface area contributed by atoms with Crippen LogP contribution in [0.1, 0.15) is 29.0 Å². The molecule has 30 heavy (non-hydrogen) atoms. The SMILES string of the molecule is Cn1ncnc1[C@H]1c2n[nH]c(=O)c3cc(F)cc(c23)N(N=O)[C@@H]1c1ccc(F)cc1. The average molecular weight is 409 g/mol. The number of halogens is 2. The Bertz CT molecular complexity index is 1350. The van der Waals surface area contributed by atoms with Crippen molar-refractivity contribution in [3.63, 3.8) is 0 Å². The number of hydrogen-bond acceptors (Lipinski definition) is 6. The number of hydrogen-bond donors (Lipinski definition) is 1. The predicted octanol–water partition coefficient (Wildman–Crippen LogP) is 2.70. The second kappa shape index (κ2) is 6.51. The molecule has 4 aromatic rings. The van der Waals surface area contributed by atoms with E-state index in [9.17, 15) is 18.5 Å². The second-order valence-corrected chi connectivity index (χ2v) is 6.93. The summed E-state index contributed by atoms with van der Waals surface area (Å²) in [4.78, 5) is 28.6. The molecule has 0 saturated heterocycles. The van der Waals surface area contributed by atoms with Gasteiger partial charge in [0, 0.05) is 12.4 Å². The van der Waals surface area contributed by atoms with Crippen LogP contribution in [0.3, 0.4) is 0 Å². The van der Waals surface area contributed by atoms with Crippen LogP contribution in [0.5, 0.6) is 0 Å². The van der Waals surface area contributed by atoms with E-state index >= 15 is 0 Å². The van der Waals surface area contributed by atoms with Crippen LogP contribution < -0.4 is 10.6 Å². The molecule has 150 valence electrons. The Balaban J connectivity index is 1.90. The van der Waals surface area contributed by atoms with Crippen LogP contribution in [0.4, 0.5) is 14.5 Å². The Morgan fingerprint density at radius 2 is 1.90 bits per heavy atom. The highest BCUT2D eigenvalue weighted by Crippen LogP contribution is 2.49. The number of H-pyrrole nitrogens is 1. The fourth-order valence-corrected chi connectivity index (χ4v) is 4.05. The van der Waals surface area contributed by atoms with Crippen LogP contribution in [0.25, 0.3) is 10.8 Å². The molecule has 1 aliphatic rings. The molecule has 2 aromatic heterocycles. The van der Waals surface area contributed by atoms with Crippen LogP contribution in [0.15, 0.2) is 52.8 Å². The Morgan fingerprint density at radius 3 is 2.57 bits per heavy atom. The van der Waals surface area contributed by atoms with E-state index in [1.54, 1.807) is 7.05 Å². The smallest absolute Gasteiger partial charge is 0.267 e. The highest BCUT2D eigenvalue weighted by atomic mass is 19.1. The van der Waals surface area contributed by atoms with Crippen molar-refractivity contribution in [1.29, 1.82) is 0 Å². The van der Waals surface area contributed by atoms with Gasteiger partial charge in [0.1, 0.15) is 23.8 Å². The normalized spacial score (nSPS) is 18.0. The van der Waals surface area contributed by atoms with Crippen molar-refractivity contribution in [2.24, 2.45) is 12.3 Å². The lowest BCUT2D eigenvalue weighted by Gasteiger charge is -2.37. The molecule has 0 amide bonds. The van der Waals surface area contributed by atoms with Crippen LogP contribution in [0, 0.1) is 16.5 Å². The van der Waals surface area contributed by atoms with Crippen molar-refractivity contribution >= 4 is 16.5 Å². The first-order chi connectivity index (χ1) is 14.5. The predicted molar refractivity (Wildman–Crippen MR) is 103 cm³/mol. The molecule has 5 rings (SSSR count). The highest BCUT2D eigenvalue weighted by Gasteiger charge is 2.43. The monoisotopic (exact) mass is 409 g/mol. The molecule has 3 heterocycles. The van der Waals surface area contributed by atoms with Gasteiger partial charge < -0.3 is 0 Å². The topological polar surface area (TPSA) is 109 Å². The first-order valence-electron chi connectivity index (χ1n) is 8.93. The summed E-state index contributed by atoms with van der Waals surface area (Å²) in [7, 11) is 1.67. The zero-order chi connectivity index (χ0) is 21.0. The van der Waals surface area contributed by atoms with Gasteiger partial charge in [-0.15, -0.1) is 4.91 Å². The summed E-state index contributed by atoms with van der Waals surface area (Å²) in [5, 5.41) is 15.3. The molecule has 2 atom stereocenters. The third-order valence-electron chi connectivity index (χ3n) is 5.31. The molecule has 9 nitrogen and oxygen atoms in total. The zero-order valence-electron chi connectivity index (χ0n) is 15.5. The molecule has 0 fully saturated rings. The molecular formula is C19H13F2N7O2. The fraction of sp³-hybridized carbons (Fsp3) is 0.158. The summed E-state index contributed by atoms with van der Waals surface area (Å²) in [5.41, 5.74) is 0.406. The molecule has 1 N–H and O–H groups in total. The van der Waals surface area contributed by atoms with E-state index in [0.717, 1.165) is 17.1 Å². The number of aromatic amines is 1. The zero-order valence-corrected chi connectivity index (χ0v) is 15.5. The Morgan fingerprint density at radius 1 is 1.13 bits per heavy atom. The minimum atomic E-state index is -0.832. The maximum absolute atomic E-state index is 14.3. The van der Waals surface area contributed by atoms with Crippen LogP contribution in [0.2, 0.25) is 0 Å². The summed E-state index contributed by atoms with van der Waals surface area (Å²) in [6.07, 6.45) is 1.35. The van der Waals surface area contributed by atoms with E-state index in [0.29, 0.717) is 22.5 Å². The molecular weight excluding hydrogens is 396 g/mol. The maximum atomic E-state index is 14.3. The van der Waals surface area contributed by atoms with E-state index in [4.69, 9.17) is 0 Å². The number of nitroso groups, excluding NO2 is 1. The van der Waals surface area contributed by atoms with Crippen molar-refractivity contribution in [3.05, 3.63) is 86.7 Å². The van der Waals surface area contributed by atoms with Crippen molar-refractivity contribution in [2.75, 3.05) is 5.01 Å². The summed E-state index contributed by atoms with van der Waals surface area (Å²) < 4.78 is 29.4. The number of aryl methyl sites for hydroxylation is 1. The molecule has 11 heteroatoms.